The number of nitrogens with one attached hydrogen (secondary N) is 1. The van der Waals surface area contributed by atoms with Crippen LogP contribution in [-0.4, -0.2) is 25.4 Å². The Morgan fingerprint density at radius 3 is 2.68 bits per heavy atom. The van der Waals surface area contributed by atoms with Gasteiger partial charge in [0.25, 0.3) is 0 Å². The van der Waals surface area contributed by atoms with Crippen LogP contribution in [0.2, 0.25) is 0 Å². The average molecular weight is 319 g/mol. The molecule has 3 N–H and O–H groups in total. The highest BCUT2D eigenvalue weighted by molar-refractivity contribution is 7.99. The van der Waals surface area contributed by atoms with E-state index in [1.165, 1.54) is 12.1 Å². The summed E-state index contributed by atoms with van der Waals surface area (Å²) in [5.74, 6) is 1.58. The number of anilines is 1. The number of methoxy groups -OCH3 is 1. The lowest BCUT2D eigenvalue weighted by atomic mass is 10.3. The molecule has 0 aliphatic carbocycles. The summed E-state index contributed by atoms with van der Waals surface area (Å²) in [4.78, 5) is 5.27. The van der Waals surface area contributed by atoms with Crippen molar-refractivity contribution in [3.05, 3.63) is 54.3 Å². The smallest absolute Gasteiger partial charge is 0.193 e. The molecule has 0 atom stereocenters. The highest BCUT2D eigenvalue weighted by Crippen LogP contribution is 2.22. The molecule has 2 rings (SSSR count). The van der Waals surface area contributed by atoms with E-state index in [0.29, 0.717) is 18.3 Å². The summed E-state index contributed by atoms with van der Waals surface area (Å²) in [5, 5.41) is 3.01. The Morgan fingerprint density at radius 1 is 1.23 bits per heavy atom. The minimum Gasteiger partial charge on any atom is -0.495 e. The summed E-state index contributed by atoms with van der Waals surface area (Å²) < 4.78 is 18.0. The lowest BCUT2D eigenvalue weighted by Gasteiger charge is -2.10. The van der Waals surface area contributed by atoms with E-state index in [9.17, 15) is 4.39 Å². The number of halogens is 1. The van der Waals surface area contributed by atoms with E-state index >= 15 is 0 Å². The van der Waals surface area contributed by atoms with E-state index in [2.05, 4.69) is 10.3 Å². The van der Waals surface area contributed by atoms with Crippen molar-refractivity contribution in [1.82, 2.24) is 0 Å². The van der Waals surface area contributed by atoms with Crippen molar-refractivity contribution < 1.29 is 9.13 Å². The largest absolute Gasteiger partial charge is 0.495 e. The normalized spacial score (nSPS) is 11.3. The van der Waals surface area contributed by atoms with Crippen LogP contribution in [0.4, 0.5) is 10.1 Å². The van der Waals surface area contributed by atoms with Gasteiger partial charge in [0.15, 0.2) is 5.96 Å². The molecule has 0 saturated carbocycles. The lowest BCUT2D eigenvalue weighted by molar-refractivity contribution is 0.417. The van der Waals surface area contributed by atoms with Crippen molar-refractivity contribution in [2.24, 2.45) is 10.7 Å². The number of guanidine groups is 1. The molecule has 0 amide bonds. The van der Waals surface area contributed by atoms with Crippen molar-refractivity contribution in [2.75, 3.05) is 24.7 Å². The Kier molecular flexibility index (Phi) is 6.09. The van der Waals surface area contributed by atoms with Gasteiger partial charge in [0.1, 0.15) is 11.6 Å². The molecule has 2 aromatic rings. The first kappa shape index (κ1) is 16.2. The summed E-state index contributed by atoms with van der Waals surface area (Å²) in [7, 11) is 1.60. The van der Waals surface area contributed by atoms with E-state index in [4.69, 9.17) is 10.5 Å². The van der Waals surface area contributed by atoms with Gasteiger partial charge >= 0.3 is 0 Å². The first-order chi connectivity index (χ1) is 10.7. The van der Waals surface area contributed by atoms with Gasteiger partial charge in [-0.1, -0.05) is 12.1 Å². The molecule has 6 heteroatoms. The summed E-state index contributed by atoms with van der Waals surface area (Å²) in [6.45, 7) is 0.566. The molecule has 0 bridgehead atoms. The van der Waals surface area contributed by atoms with Crippen LogP contribution in [0, 0.1) is 5.82 Å². The Balaban J connectivity index is 1.81. The van der Waals surface area contributed by atoms with Crippen LogP contribution in [-0.2, 0) is 0 Å². The molecule has 2 aromatic carbocycles. The first-order valence-corrected chi connectivity index (χ1v) is 7.76. The molecule has 0 aliphatic rings. The Bertz CT molecular complexity index is 632. The maximum atomic E-state index is 12.8. The third-order valence-electron chi connectivity index (χ3n) is 2.83. The Labute approximate surface area is 133 Å². The number of rotatable bonds is 6. The molecule has 0 aromatic heterocycles. The van der Waals surface area contributed by atoms with Gasteiger partial charge < -0.3 is 15.8 Å². The lowest BCUT2D eigenvalue weighted by Crippen LogP contribution is -2.23. The zero-order valence-corrected chi connectivity index (χ0v) is 13.1. The van der Waals surface area contributed by atoms with Crippen molar-refractivity contribution in [3.63, 3.8) is 0 Å². The molecule has 0 unspecified atom stereocenters. The Morgan fingerprint density at radius 2 is 1.95 bits per heavy atom. The maximum absolute atomic E-state index is 12.8. The molecule has 4 nitrogen and oxygen atoms in total. The molecule has 0 fully saturated rings. The highest BCUT2D eigenvalue weighted by atomic mass is 32.2. The van der Waals surface area contributed by atoms with E-state index in [-0.39, 0.29) is 5.82 Å². The number of aliphatic imine (C=N–C) groups is 1. The second-order valence-corrected chi connectivity index (χ2v) is 5.56. The number of benzene rings is 2. The van der Waals surface area contributed by atoms with Gasteiger partial charge in [-0.2, -0.15) is 0 Å². The minimum atomic E-state index is -0.229. The van der Waals surface area contributed by atoms with E-state index in [0.717, 1.165) is 16.3 Å². The van der Waals surface area contributed by atoms with Crippen molar-refractivity contribution in [1.29, 1.82) is 0 Å². The zero-order valence-electron chi connectivity index (χ0n) is 12.3. The molecular weight excluding hydrogens is 301 g/mol. The number of hydrogen-bond donors (Lipinski definition) is 2. The van der Waals surface area contributed by atoms with Crippen molar-refractivity contribution in [2.45, 2.75) is 4.90 Å². The number of para-hydroxylation sites is 2. The number of nitrogens with two attached hydrogens (primary N) is 1. The third-order valence-corrected chi connectivity index (χ3v) is 3.82. The third kappa shape index (κ3) is 4.96. The fraction of sp³-hybridized carbons (Fsp3) is 0.188. The molecular formula is C16H18FN3OS. The van der Waals surface area contributed by atoms with Crippen LogP contribution < -0.4 is 15.8 Å². The second-order valence-electron chi connectivity index (χ2n) is 4.39. The standard InChI is InChI=1S/C16H18FN3OS/c1-21-15-5-3-2-4-14(15)20-16(18)19-10-11-22-13-8-6-12(17)7-9-13/h2-9H,10-11H2,1H3,(H3,18,19,20). The molecule has 0 saturated heterocycles. The van der Waals surface area contributed by atoms with Crippen LogP contribution in [0.15, 0.2) is 58.4 Å². The van der Waals surface area contributed by atoms with Gasteiger partial charge in [0.2, 0.25) is 0 Å². The molecule has 0 radical (unpaired) electrons. The second kappa shape index (κ2) is 8.29. The van der Waals surface area contributed by atoms with Crippen molar-refractivity contribution in [3.8, 4) is 5.75 Å². The zero-order chi connectivity index (χ0) is 15.8. The van der Waals surface area contributed by atoms with Crippen LogP contribution in [0.3, 0.4) is 0 Å². The average Bonchev–Trinajstić information content (AvgIpc) is 2.54. The molecule has 0 heterocycles. The fourth-order valence-electron chi connectivity index (χ4n) is 1.79. The molecule has 0 aliphatic heterocycles. The quantitative estimate of drug-likeness (QED) is 0.371. The fourth-order valence-corrected chi connectivity index (χ4v) is 2.53. The SMILES string of the molecule is COc1ccccc1NC(N)=NCCSc1ccc(F)cc1. The number of thioether (sulfide) groups is 1. The minimum absolute atomic E-state index is 0.229. The first-order valence-electron chi connectivity index (χ1n) is 6.77. The summed E-state index contributed by atoms with van der Waals surface area (Å²) in [6, 6.07) is 13.9. The van der Waals surface area contributed by atoms with Gasteiger partial charge in [-0.15, -0.1) is 11.8 Å². The summed E-state index contributed by atoms with van der Waals surface area (Å²) in [5.41, 5.74) is 6.63. The topological polar surface area (TPSA) is 59.6 Å². The number of ether oxygens (including phenoxy) is 1. The van der Waals surface area contributed by atoms with Crippen LogP contribution >= 0.6 is 11.8 Å². The van der Waals surface area contributed by atoms with Gasteiger partial charge in [0.05, 0.1) is 19.3 Å². The van der Waals surface area contributed by atoms with Gasteiger partial charge in [-0.25, -0.2) is 4.39 Å². The van der Waals surface area contributed by atoms with Crippen LogP contribution in [0.1, 0.15) is 0 Å². The van der Waals surface area contributed by atoms with Crippen LogP contribution in [0.5, 0.6) is 5.75 Å². The van der Waals surface area contributed by atoms with Gasteiger partial charge in [0, 0.05) is 10.6 Å². The number of nitrogens with zero attached hydrogens (tertiary/aromatic N) is 1. The van der Waals surface area contributed by atoms with E-state index < -0.39 is 0 Å². The van der Waals surface area contributed by atoms with Gasteiger partial charge in [-0.3, -0.25) is 4.99 Å². The molecule has 116 valence electrons. The monoisotopic (exact) mass is 319 g/mol. The van der Waals surface area contributed by atoms with Gasteiger partial charge in [-0.05, 0) is 36.4 Å². The Hall–Kier alpha value is -2.21. The summed E-state index contributed by atoms with van der Waals surface area (Å²) >= 11 is 1.60. The molecule has 0 spiro atoms. The van der Waals surface area contributed by atoms with E-state index in [1.54, 1.807) is 31.0 Å². The van der Waals surface area contributed by atoms with Crippen molar-refractivity contribution >= 4 is 23.4 Å². The molecule has 22 heavy (non-hydrogen) atoms. The maximum Gasteiger partial charge on any atom is 0.193 e. The number of hydrogen-bond acceptors (Lipinski definition) is 3. The predicted octanol–water partition coefficient (Wildman–Crippen LogP) is 3.35. The van der Waals surface area contributed by atoms with Crippen LogP contribution in [0.25, 0.3) is 0 Å². The summed E-state index contributed by atoms with van der Waals surface area (Å²) in [6.07, 6.45) is 0. The van der Waals surface area contributed by atoms with E-state index in [1.807, 2.05) is 24.3 Å². The highest BCUT2D eigenvalue weighted by Gasteiger charge is 2.02. The predicted molar refractivity (Wildman–Crippen MR) is 90.2 cm³/mol.